The third-order valence-electron chi connectivity index (χ3n) is 3.50. The Labute approximate surface area is 155 Å². The number of methoxy groups -OCH3 is 1. The molecule has 26 heavy (non-hydrogen) atoms. The Morgan fingerprint density at radius 1 is 1.19 bits per heavy atom. The predicted molar refractivity (Wildman–Crippen MR) is 97.9 cm³/mol. The van der Waals surface area contributed by atoms with Gasteiger partial charge in [-0.15, -0.1) is 0 Å². The number of nitrogens with one attached hydrogen (secondary N) is 2. The summed E-state index contributed by atoms with van der Waals surface area (Å²) in [6.45, 7) is 0.0414. The van der Waals surface area contributed by atoms with Crippen molar-refractivity contribution in [3.8, 4) is 5.75 Å². The number of carbonyl (C=O) groups excluding carboxylic acids is 2. The van der Waals surface area contributed by atoms with E-state index in [1.165, 1.54) is 12.1 Å². The first-order chi connectivity index (χ1) is 12.4. The van der Waals surface area contributed by atoms with Gasteiger partial charge in [0.1, 0.15) is 11.6 Å². The normalized spacial score (nSPS) is 10.5. The Morgan fingerprint density at radius 2 is 1.88 bits per heavy atom. The van der Waals surface area contributed by atoms with Crippen LogP contribution in [-0.4, -0.2) is 37.5 Å². The van der Waals surface area contributed by atoms with Crippen molar-refractivity contribution in [3.63, 3.8) is 0 Å². The summed E-state index contributed by atoms with van der Waals surface area (Å²) in [7, 11) is 3.17. The Kier molecular flexibility index (Phi) is 6.94. The molecular weight excluding hydrogens is 361 g/mol. The molecule has 0 saturated carbocycles. The first-order valence-corrected chi connectivity index (χ1v) is 8.13. The highest BCUT2D eigenvalue weighted by molar-refractivity contribution is 6.31. The lowest BCUT2D eigenvalue weighted by Gasteiger charge is -2.17. The van der Waals surface area contributed by atoms with Crippen LogP contribution in [0.15, 0.2) is 42.5 Å². The van der Waals surface area contributed by atoms with Crippen molar-refractivity contribution in [1.82, 2.24) is 10.2 Å². The van der Waals surface area contributed by atoms with Crippen molar-refractivity contribution in [1.29, 1.82) is 0 Å². The molecule has 6 nitrogen and oxygen atoms in total. The van der Waals surface area contributed by atoms with Gasteiger partial charge in [-0.2, -0.15) is 0 Å². The molecule has 0 fully saturated rings. The summed E-state index contributed by atoms with van der Waals surface area (Å²) >= 11 is 5.97. The first-order valence-electron chi connectivity index (χ1n) is 7.75. The van der Waals surface area contributed by atoms with Gasteiger partial charge in [-0.3, -0.25) is 15.0 Å². The standard InChI is InChI=1S/C18H19ClFN3O3/c1-23(10-14-15(19)4-3-5-16(14)20)11-17(24)22-18(25)21-12-6-8-13(26-2)9-7-12/h3-9H,10-11H2,1-2H3,(H2,21,22,24,25). The molecule has 8 heteroatoms. The summed E-state index contributed by atoms with van der Waals surface area (Å²) < 4.78 is 18.8. The van der Waals surface area contributed by atoms with E-state index >= 15 is 0 Å². The number of anilines is 1. The van der Waals surface area contributed by atoms with Crippen molar-refractivity contribution in [3.05, 3.63) is 58.9 Å². The Hall–Kier alpha value is -2.64. The quantitative estimate of drug-likeness (QED) is 0.808. The Morgan fingerprint density at radius 3 is 2.50 bits per heavy atom. The summed E-state index contributed by atoms with van der Waals surface area (Å²) in [5.74, 6) is -0.312. The van der Waals surface area contributed by atoms with Gasteiger partial charge in [0.15, 0.2) is 0 Å². The summed E-state index contributed by atoms with van der Waals surface area (Å²) in [6.07, 6.45) is 0. The molecule has 0 aromatic heterocycles. The van der Waals surface area contributed by atoms with Gasteiger partial charge in [-0.05, 0) is 43.4 Å². The minimum atomic E-state index is -0.655. The van der Waals surface area contributed by atoms with Crippen molar-refractivity contribution in [2.24, 2.45) is 0 Å². The molecule has 0 aliphatic carbocycles. The van der Waals surface area contributed by atoms with Crippen LogP contribution in [0.25, 0.3) is 0 Å². The SMILES string of the molecule is COc1ccc(NC(=O)NC(=O)CN(C)Cc2c(F)cccc2Cl)cc1. The summed E-state index contributed by atoms with van der Waals surface area (Å²) in [4.78, 5) is 25.4. The number of likely N-dealkylation sites (N-methyl/N-ethyl adjacent to an activating group) is 1. The lowest BCUT2D eigenvalue weighted by molar-refractivity contribution is -0.120. The molecule has 2 rings (SSSR count). The fourth-order valence-corrected chi connectivity index (χ4v) is 2.48. The molecule has 0 aliphatic rings. The monoisotopic (exact) mass is 379 g/mol. The molecule has 0 aliphatic heterocycles. The maximum Gasteiger partial charge on any atom is 0.325 e. The zero-order valence-corrected chi connectivity index (χ0v) is 15.1. The number of hydrogen-bond acceptors (Lipinski definition) is 4. The maximum atomic E-state index is 13.8. The number of hydrogen-bond donors (Lipinski definition) is 2. The second-order valence-corrected chi connectivity index (χ2v) is 6.01. The van der Waals surface area contributed by atoms with Gasteiger partial charge < -0.3 is 10.1 Å². The van der Waals surface area contributed by atoms with Crippen LogP contribution < -0.4 is 15.4 Å². The zero-order chi connectivity index (χ0) is 19.1. The second-order valence-electron chi connectivity index (χ2n) is 5.60. The number of imide groups is 1. The van der Waals surface area contributed by atoms with E-state index < -0.39 is 17.8 Å². The van der Waals surface area contributed by atoms with Gasteiger partial charge in [-0.25, -0.2) is 9.18 Å². The van der Waals surface area contributed by atoms with Gasteiger partial charge >= 0.3 is 6.03 Å². The van der Waals surface area contributed by atoms with E-state index in [4.69, 9.17) is 16.3 Å². The van der Waals surface area contributed by atoms with Crippen LogP contribution in [0.2, 0.25) is 5.02 Å². The number of amides is 3. The molecule has 0 saturated heterocycles. The number of halogens is 2. The summed E-state index contributed by atoms with van der Waals surface area (Å²) in [6, 6.07) is 10.4. The molecule has 3 amide bonds. The van der Waals surface area contributed by atoms with Crippen LogP contribution in [0, 0.1) is 5.82 Å². The van der Waals surface area contributed by atoms with Gasteiger partial charge in [0.05, 0.1) is 13.7 Å². The minimum absolute atomic E-state index is 0.0965. The second kappa shape index (κ2) is 9.17. The molecule has 0 unspecified atom stereocenters. The van der Waals surface area contributed by atoms with Crippen LogP contribution in [0.3, 0.4) is 0 Å². The number of benzene rings is 2. The number of rotatable bonds is 6. The van der Waals surface area contributed by atoms with Gasteiger partial charge in [-0.1, -0.05) is 17.7 Å². The molecule has 138 valence electrons. The van der Waals surface area contributed by atoms with Crippen molar-refractivity contribution < 1.29 is 18.7 Å². The molecule has 2 N–H and O–H groups in total. The van der Waals surface area contributed by atoms with Crippen LogP contribution in [0.1, 0.15) is 5.56 Å². The lowest BCUT2D eigenvalue weighted by atomic mass is 10.2. The van der Waals surface area contributed by atoms with Crippen LogP contribution >= 0.6 is 11.6 Å². The van der Waals surface area contributed by atoms with Crippen LogP contribution in [0.4, 0.5) is 14.9 Å². The van der Waals surface area contributed by atoms with Crippen molar-refractivity contribution >= 4 is 29.2 Å². The lowest BCUT2D eigenvalue weighted by Crippen LogP contribution is -2.40. The highest BCUT2D eigenvalue weighted by Gasteiger charge is 2.14. The third kappa shape index (κ3) is 5.72. The maximum absolute atomic E-state index is 13.8. The van der Waals surface area contributed by atoms with Gasteiger partial charge in [0, 0.05) is 22.8 Å². The van der Waals surface area contributed by atoms with Crippen LogP contribution in [-0.2, 0) is 11.3 Å². The first kappa shape index (κ1) is 19.7. The largest absolute Gasteiger partial charge is 0.497 e. The number of urea groups is 1. The predicted octanol–water partition coefficient (Wildman–Crippen LogP) is 3.27. The highest BCUT2D eigenvalue weighted by Crippen LogP contribution is 2.20. The van der Waals surface area contributed by atoms with Crippen molar-refractivity contribution in [2.45, 2.75) is 6.54 Å². The highest BCUT2D eigenvalue weighted by atomic mass is 35.5. The van der Waals surface area contributed by atoms with E-state index in [9.17, 15) is 14.0 Å². The molecule has 0 heterocycles. The van der Waals surface area contributed by atoms with Crippen molar-refractivity contribution in [2.75, 3.05) is 26.0 Å². The molecule has 2 aromatic rings. The van der Waals surface area contributed by atoms with E-state index in [1.54, 1.807) is 49.4 Å². The van der Waals surface area contributed by atoms with E-state index in [-0.39, 0.29) is 18.1 Å². The Bertz CT molecular complexity index is 764. The zero-order valence-electron chi connectivity index (χ0n) is 14.4. The van der Waals surface area contributed by atoms with E-state index in [0.717, 1.165) is 0 Å². The Balaban J connectivity index is 1.84. The molecule has 0 atom stereocenters. The molecule has 2 aromatic carbocycles. The van der Waals surface area contributed by atoms with E-state index in [1.807, 2.05) is 0 Å². The average Bonchev–Trinajstić information content (AvgIpc) is 2.58. The minimum Gasteiger partial charge on any atom is -0.497 e. The fourth-order valence-electron chi connectivity index (χ4n) is 2.26. The average molecular weight is 380 g/mol. The van der Waals surface area contributed by atoms with E-state index in [2.05, 4.69) is 10.6 Å². The topological polar surface area (TPSA) is 70.7 Å². The van der Waals surface area contributed by atoms with Gasteiger partial charge in [0.2, 0.25) is 5.91 Å². The molecule has 0 radical (unpaired) electrons. The third-order valence-corrected chi connectivity index (χ3v) is 3.86. The smallest absolute Gasteiger partial charge is 0.325 e. The number of nitrogens with zero attached hydrogens (tertiary/aromatic N) is 1. The van der Waals surface area contributed by atoms with E-state index in [0.29, 0.717) is 17.0 Å². The molecule has 0 spiro atoms. The fraction of sp³-hybridized carbons (Fsp3) is 0.222. The number of ether oxygens (including phenoxy) is 1. The number of carbonyl (C=O) groups is 2. The summed E-state index contributed by atoms with van der Waals surface area (Å²) in [5, 5.41) is 5.04. The molecule has 0 bridgehead atoms. The molecular formula is C18H19ClFN3O3. The van der Waals surface area contributed by atoms with Crippen LogP contribution in [0.5, 0.6) is 5.75 Å². The van der Waals surface area contributed by atoms with Gasteiger partial charge in [0.25, 0.3) is 0 Å². The summed E-state index contributed by atoms with van der Waals surface area (Å²) in [5.41, 5.74) is 0.815.